The summed E-state index contributed by atoms with van der Waals surface area (Å²) in [6.07, 6.45) is -3.82. The lowest BCUT2D eigenvalue weighted by atomic mass is 9.89. The molecule has 0 aliphatic carbocycles. The maximum absolute atomic E-state index is 14.0. The number of urea groups is 1. The van der Waals surface area contributed by atoms with Crippen LogP contribution in [-0.2, 0) is 4.74 Å². The number of likely N-dealkylation sites (tertiary alicyclic amines) is 1. The van der Waals surface area contributed by atoms with E-state index in [1.807, 2.05) is 0 Å². The number of nitrogens with zero attached hydrogens (tertiary/aromatic N) is 2. The summed E-state index contributed by atoms with van der Waals surface area (Å²) in [6.45, 7) is 1.69. The summed E-state index contributed by atoms with van der Waals surface area (Å²) in [7, 11) is 0. The molecule has 2 aliphatic heterocycles. The topological polar surface area (TPSA) is 71.1 Å². The molecule has 2 heterocycles. The third-order valence-corrected chi connectivity index (χ3v) is 5.94. The molecule has 2 aliphatic rings. The van der Waals surface area contributed by atoms with Crippen LogP contribution in [0.5, 0.6) is 5.75 Å². The van der Waals surface area contributed by atoms with Gasteiger partial charge in [-0.2, -0.15) is 0 Å². The van der Waals surface area contributed by atoms with Crippen LogP contribution in [0.25, 0.3) is 0 Å². The van der Waals surface area contributed by atoms with Crippen molar-refractivity contribution in [1.82, 2.24) is 9.80 Å². The molecule has 7 nitrogen and oxygen atoms in total. The predicted octanol–water partition coefficient (Wildman–Crippen LogP) is 4.26. The Kier molecular flexibility index (Phi) is 6.65. The largest absolute Gasteiger partial charge is 0.573 e. The van der Waals surface area contributed by atoms with E-state index in [0.717, 1.165) is 12.1 Å². The van der Waals surface area contributed by atoms with E-state index in [2.05, 4.69) is 10.1 Å². The highest BCUT2D eigenvalue weighted by Crippen LogP contribution is 2.31. The first-order valence-corrected chi connectivity index (χ1v) is 10.7. The van der Waals surface area contributed by atoms with Gasteiger partial charge in [0.1, 0.15) is 11.6 Å². The molecule has 4 rings (SSSR count). The number of piperidine rings is 1. The van der Waals surface area contributed by atoms with E-state index in [4.69, 9.17) is 4.74 Å². The summed E-state index contributed by atoms with van der Waals surface area (Å²) >= 11 is 0. The second kappa shape index (κ2) is 9.49. The van der Waals surface area contributed by atoms with E-state index in [-0.39, 0.29) is 17.2 Å². The van der Waals surface area contributed by atoms with Gasteiger partial charge in [-0.1, -0.05) is 12.1 Å². The van der Waals surface area contributed by atoms with Crippen molar-refractivity contribution in [3.63, 3.8) is 0 Å². The van der Waals surface area contributed by atoms with E-state index in [1.165, 1.54) is 30.3 Å². The average Bonchev–Trinajstić information content (AvgIpc) is 2.80. The highest BCUT2D eigenvalue weighted by molar-refractivity contribution is 5.94. The minimum absolute atomic E-state index is 0.0238. The number of ether oxygens (including phenoxy) is 2. The molecule has 0 atom stereocenters. The normalized spacial score (nSPS) is 18.0. The van der Waals surface area contributed by atoms with E-state index >= 15 is 0 Å². The maximum atomic E-state index is 14.0. The third-order valence-electron chi connectivity index (χ3n) is 5.94. The first kappa shape index (κ1) is 23.8. The Morgan fingerprint density at radius 3 is 2.29 bits per heavy atom. The van der Waals surface area contributed by atoms with Gasteiger partial charge in [-0.05, 0) is 49.2 Å². The summed E-state index contributed by atoms with van der Waals surface area (Å²) in [6, 6.07) is 10.3. The Morgan fingerprint density at radius 1 is 0.971 bits per heavy atom. The van der Waals surface area contributed by atoms with Crippen LogP contribution in [0.15, 0.2) is 48.5 Å². The molecule has 0 radical (unpaired) electrons. The average molecular weight is 481 g/mol. The monoisotopic (exact) mass is 481 g/mol. The van der Waals surface area contributed by atoms with E-state index in [1.54, 1.807) is 15.9 Å². The zero-order valence-corrected chi connectivity index (χ0v) is 18.1. The van der Waals surface area contributed by atoms with Crippen LogP contribution in [0.3, 0.4) is 0 Å². The number of anilines is 1. The fourth-order valence-electron chi connectivity index (χ4n) is 4.19. The molecule has 0 bridgehead atoms. The number of nitrogens with one attached hydrogen (secondary N) is 1. The predicted molar refractivity (Wildman–Crippen MR) is 114 cm³/mol. The molecule has 34 heavy (non-hydrogen) atoms. The lowest BCUT2D eigenvalue weighted by Gasteiger charge is -2.47. The van der Waals surface area contributed by atoms with Crippen molar-refractivity contribution in [2.45, 2.75) is 24.8 Å². The van der Waals surface area contributed by atoms with Crippen molar-refractivity contribution < 1.29 is 36.6 Å². The number of hydrogen-bond donors (Lipinski definition) is 1. The van der Waals surface area contributed by atoms with Crippen LogP contribution in [0.4, 0.5) is 28.0 Å². The van der Waals surface area contributed by atoms with Crippen molar-refractivity contribution in [1.29, 1.82) is 0 Å². The first-order chi connectivity index (χ1) is 16.1. The summed E-state index contributed by atoms with van der Waals surface area (Å²) in [4.78, 5) is 28.6. The standard InChI is InChI=1S/C23H23F4N3O4/c24-19-4-2-1-3-18(19)20(31)29-11-9-22(10-12-29)15-30(13-14-33-22)21(32)28-16-5-7-17(8-6-16)34-23(25,26)27/h1-8H,9-15H2,(H,28,32). The molecular weight excluding hydrogens is 458 g/mol. The van der Waals surface area contributed by atoms with Crippen molar-refractivity contribution in [3.05, 3.63) is 59.9 Å². The minimum atomic E-state index is -4.79. The molecule has 0 unspecified atom stereocenters. The van der Waals surface area contributed by atoms with Crippen LogP contribution < -0.4 is 10.1 Å². The lowest BCUT2D eigenvalue weighted by molar-refractivity contribution is -0.274. The molecule has 2 aromatic carbocycles. The van der Waals surface area contributed by atoms with Crippen LogP contribution in [0.2, 0.25) is 0 Å². The summed E-state index contributed by atoms with van der Waals surface area (Å²) < 4.78 is 60.7. The zero-order valence-electron chi connectivity index (χ0n) is 18.1. The molecule has 3 amide bonds. The number of benzene rings is 2. The number of hydrogen-bond acceptors (Lipinski definition) is 4. The van der Waals surface area contributed by atoms with Gasteiger partial charge in [0.25, 0.3) is 5.91 Å². The lowest BCUT2D eigenvalue weighted by Crippen LogP contribution is -2.59. The zero-order chi connectivity index (χ0) is 24.3. The number of morpholine rings is 1. The SMILES string of the molecule is O=C(Nc1ccc(OC(F)(F)F)cc1)N1CCOC2(CCN(C(=O)c3ccccc3F)CC2)C1. The van der Waals surface area contributed by atoms with Gasteiger partial charge >= 0.3 is 12.4 Å². The molecule has 182 valence electrons. The molecule has 1 spiro atoms. The second-order valence-corrected chi connectivity index (χ2v) is 8.23. The number of carbonyl (C=O) groups is 2. The minimum Gasteiger partial charge on any atom is -0.406 e. The van der Waals surface area contributed by atoms with Gasteiger partial charge in [-0.15, -0.1) is 13.2 Å². The van der Waals surface area contributed by atoms with Gasteiger partial charge < -0.3 is 24.6 Å². The Bertz CT molecular complexity index is 1040. The Hall–Kier alpha value is -3.34. The fraction of sp³-hybridized carbons (Fsp3) is 0.391. The van der Waals surface area contributed by atoms with Crippen molar-refractivity contribution in [3.8, 4) is 5.75 Å². The Labute approximate surface area is 193 Å². The number of halogens is 4. The van der Waals surface area contributed by atoms with E-state index < -0.39 is 23.8 Å². The molecule has 2 fully saturated rings. The summed E-state index contributed by atoms with van der Waals surface area (Å²) in [5, 5.41) is 2.67. The van der Waals surface area contributed by atoms with E-state index in [0.29, 0.717) is 51.3 Å². The highest BCUT2D eigenvalue weighted by atomic mass is 19.4. The van der Waals surface area contributed by atoms with Gasteiger partial charge in [0.05, 0.1) is 24.3 Å². The quantitative estimate of drug-likeness (QED) is 0.665. The van der Waals surface area contributed by atoms with E-state index in [9.17, 15) is 27.2 Å². The maximum Gasteiger partial charge on any atom is 0.573 e. The fourth-order valence-corrected chi connectivity index (χ4v) is 4.19. The summed E-state index contributed by atoms with van der Waals surface area (Å²) in [5.41, 5.74) is -0.271. The highest BCUT2D eigenvalue weighted by Gasteiger charge is 2.42. The molecule has 2 saturated heterocycles. The van der Waals surface area contributed by atoms with Gasteiger partial charge in [0.15, 0.2) is 0 Å². The third kappa shape index (κ3) is 5.58. The van der Waals surface area contributed by atoms with Gasteiger partial charge in [0, 0.05) is 25.3 Å². The Balaban J connectivity index is 1.33. The number of alkyl halides is 3. The van der Waals surface area contributed by atoms with Crippen LogP contribution in [0, 0.1) is 5.82 Å². The van der Waals surface area contributed by atoms with Crippen molar-refractivity contribution in [2.24, 2.45) is 0 Å². The summed E-state index contributed by atoms with van der Waals surface area (Å²) in [5.74, 6) is -1.33. The van der Waals surface area contributed by atoms with Crippen LogP contribution >= 0.6 is 0 Å². The van der Waals surface area contributed by atoms with Crippen LogP contribution in [0.1, 0.15) is 23.2 Å². The molecule has 2 aromatic rings. The smallest absolute Gasteiger partial charge is 0.406 e. The van der Waals surface area contributed by atoms with Gasteiger partial charge in [-0.25, -0.2) is 9.18 Å². The van der Waals surface area contributed by atoms with Crippen molar-refractivity contribution in [2.75, 3.05) is 38.1 Å². The van der Waals surface area contributed by atoms with Gasteiger partial charge in [-0.3, -0.25) is 4.79 Å². The van der Waals surface area contributed by atoms with Crippen molar-refractivity contribution >= 4 is 17.6 Å². The Morgan fingerprint density at radius 2 is 1.65 bits per heavy atom. The molecule has 0 aromatic heterocycles. The number of rotatable bonds is 3. The van der Waals surface area contributed by atoms with Crippen LogP contribution in [-0.4, -0.2) is 66.5 Å². The first-order valence-electron chi connectivity index (χ1n) is 10.7. The number of carbonyl (C=O) groups excluding carboxylic acids is 2. The molecule has 1 N–H and O–H groups in total. The second-order valence-electron chi connectivity index (χ2n) is 8.23. The molecule has 0 saturated carbocycles. The molecular formula is C23H23F4N3O4. The molecule has 11 heteroatoms. The number of amides is 3. The van der Waals surface area contributed by atoms with Gasteiger partial charge in [0.2, 0.25) is 0 Å².